The minimum atomic E-state index is 0.381. The van der Waals surface area contributed by atoms with E-state index in [-0.39, 0.29) is 0 Å². The minimum Gasteiger partial charge on any atom is -0.383 e. The predicted octanol–water partition coefficient (Wildman–Crippen LogP) is 1.33. The van der Waals surface area contributed by atoms with Crippen LogP contribution in [0, 0.1) is 11.8 Å². The maximum absolute atomic E-state index is 5.79. The van der Waals surface area contributed by atoms with E-state index in [4.69, 9.17) is 5.73 Å². The van der Waals surface area contributed by atoms with Crippen molar-refractivity contribution in [1.29, 1.82) is 0 Å². The molecule has 0 saturated carbocycles. The van der Waals surface area contributed by atoms with Crippen LogP contribution in [0.2, 0.25) is 0 Å². The summed E-state index contributed by atoms with van der Waals surface area (Å²) in [6, 6.07) is 9.68. The number of nitrogens with two attached hydrogens (primary N) is 1. The summed E-state index contributed by atoms with van der Waals surface area (Å²) in [4.78, 5) is 7.97. The minimum absolute atomic E-state index is 0.381. The highest BCUT2D eigenvalue weighted by Crippen LogP contribution is 2.17. The molecular formula is C13H9N5. The van der Waals surface area contributed by atoms with Crippen molar-refractivity contribution in [2.24, 2.45) is 0 Å². The fraction of sp³-hybridized carbons (Fsp3) is 0. The lowest BCUT2D eigenvalue weighted by atomic mass is 10.2. The Hall–Kier alpha value is -2.87. The van der Waals surface area contributed by atoms with Gasteiger partial charge in [0.1, 0.15) is 17.8 Å². The first-order chi connectivity index (χ1) is 8.84. The van der Waals surface area contributed by atoms with Gasteiger partial charge in [0, 0.05) is 5.56 Å². The Morgan fingerprint density at radius 3 is 2.72 bits per heavy atom. The van der Waals surface area contributed by atoms with Crippen LogP contribution < -0.4 is 5.73 Å². The number of aromatic nitrogens is 4. The first kappa shape index (κ1) is 10.3. The van der Waals surface area contributed by atoms with Crippen LogP contribution in [-0.4, -0.2) is 20.2 Å². The average molecular weight is 235 g/mol. The lowest BCUT2D eigenvalue weighted by Gasteiger charge is -1.92. The first-order valence-electron chi connectivity index (χ1n) is 5.36. The molecule has 3 rings (SSSR count). The maximum atomic E-state index is 5.79. The first-order valence-corrected chi connectivity index (χ1v) is 5.36. The number of hydrogen-bond acceptors (Lipinski definition) is 4. The zero-order valence-corrected chi connectivity index (χ0v) is 9.38. The Bertz CT molecular complexity index is 749. The third kappa shape index (κ3) is 1.76. The molecule has 0 unspecified atom stereocenters. The molecule has 0 aliphatic rings. The average Bonchev–Trinajstić information content (AvgIpc) is 2.82. The molecule has 0 atom stereocenters. The van der Waals surface area contributed by atoms with Crippen molar-refractivity contribution in [3.63, 3.8) is 0 Å². The van der Waals surface area contributed by atoms with Crippen molar-refractivity contribution in [3.8, 4) is 11.8 Å². The van der Waals surface area contributed by atoms with E-state index in [1.807, 2.05) is 30.3 Å². The molecular weight excluding hydrogens is 226 g/mol. The number of anilines is 1. The Balaban J connectivity index is 2.09. The zero-order chi connectivity index (χ0) is 12.4. The molecule has 5 nitrogen and oxygen atoms in total. The molecule has 0 saturated heterocycles. The second-order valence-corrected chi connectivity index (χ2v) is 3.67. The Morgan fingerprint density at radius 2 is 1.89 bits per heavy atom. The molecule has 0 amide bonds. The third-order valence-corrected chi connectivity index (χ3v) is 2.49. The van der Waals surface area contributed by atoms with Crippen LogP contribution >= 0.6 is 0 Å². The van der Waals surface area contributed by atoms with Crippen molar-refractivity contribution in [2.75, 3.05) is 5.73 Å². The SMILES string of the molecule is Nc1ncnc2[nH]nc(C#Cc3ccccc3)c12. The van der Waals surface area contributed by atoms with Crippen LogP contribution in [0.15, 0.2) is 36.7 Å². The van der Waals surface area contributed by atoms with Gasteiger partial charge < -0.3 is 5.73 Å². The lowest BCUT2D eigenvalue weighted by Crippen LogP contribution is -1.92. The van der Waals surface area contributed by atoms with Gasteiger partial charge in [-0.2, -0.15) is 5.10 Å². The van der Waals surface area contributed by atoms with Gasteiger partial charge >= 0.3 is 0 Å². The molecule has 18 heavy (non-hydrogen) atoms. The summed E-state index contributed by atoms with van der Waals surface area (Å²) in [5.41, 5.74) is 7.87. The molecule has 3 N–H and O–H groups in total. The number of aromatic amines is 1. The molecule has 0 bridgehead atoms. The molecule has 5 heteroatoms. The molecule has 0 aliphatic heterocycles. The predicted molar refractivity (Wildman–Crippen MR) is 68.5 cm³/mol. The van der Waals surface area contributed by atoms with E-state index in [0.717, 1.165) is 5.56 Å². The van der Waals surface area contributed by atoms with Gasteiger partial charge in [0.05, 0.1) is 5.39 Å². The highest BCUT2D eigenvalue weighted by molar-refractivity contribution is 5.89. The summed E-state index contributed by atoms with van der Waals surface area (Å²) in [6.07, 6.45) is 1.39. The van der Waals surface area contributed by atoms with Crippen LogP contribution in [0.1, 0.15) is 11.3 Å². The summed E-state index contributed by atoms with van der Waals surface area (Å²) in [7, 11) is 0. The third-order valence-electron chi connectivity index (χ3n) is 2.49. The molecule has 2 heterocycles. The quantitative estimate of drug-likeness (QED) is 0.576. The van der Waals surface area contributed by atoms with Crippen LogP contribution in [-0.2, 0) is 0 Å². The van der Waals surface area contributed by atoms with Gasteiger partial charge in [-0.15, -0.1) is 0 Å². The molecule has 3 aromatic rings. The zero-order valence-electron chi connectivity index (χ0n) is 9.38. The fourth-order valence-electron chi connectivity index (χ4n) is 1.63. The molecule has 86 valence electrons. The largest absolute Gasteiger partial charge is 0.383 e. The van der Waals surface area contributed by atoms with Crippen molar-refractivity contribution in [3.05, 3.63) is 47.9 Å². The standard InChI is InChI=1S/C13H9N5/c14-12-11-10(17-18-13(11)16-8-15-12)7-6-9-4-2-1-3-5-9/h1-5,8H,(H3,14,15,16,17,18). The Kier molecular flexibility index (Phi) is 2.39. The number of benzene rings is 1. The topological polar surface area (TPSA) is 80.5 Å². The van der Waals surface area contributed by atoms with E-state index in [2.05, 4.69) is 32.0 Å². The smallest absolute Gasteiger partial charge is 0.162 e. The highest BCUT2D eigenvalue weighted by Gasteiger charge is 2.08. The Labute approximate surface area is 103 Å². The molecule has 2 aromatic heterocycles. The van der Waals surface area contributed by atoms with Crippen molar-refractivity contribution >= 4 is 16.9 Å². The van der Waals surface area contributed by atoms with E-state index in [0.29, 0.717) is 22.5 Å². The van der Waals surface area contributed by atoms with E-state index in [9.17, 15) is 0 Å². The molecule has 0 radical (unpaired) electrons. The summed E-state index contributed by atoms with van der Waals surface area (Å²) in [5.74, 6) is 6.38. The van der Waals surface area contributed by atoms with Crippen LogP contribution in [0.4, 0.5) is 5.82 Å². The molecule has 0 spiro atoms. The van der Waals surface area contributed by atoms with Crippen LogP contribution in [0.5, 0.6) is 0 Å². The number of nitrogens with one attached hydrogen (secondary N) is 1. The van der Waals surface area contributed by atoms with Crippen LogP contribution in [0.25, 0.3) is 11.0 Å². The van der Waals surface area contributed by atoms with Gasteiger partial charge in [0.15, 0.2) is 5.65 Å². The van der Waals surface area contributed by atoms with Crippen molar-refractivity contribution in [2.45, 2.75) is 0 Å². The number of rotatable bonds is 0. The van der Waals surface area contributed by atoms with E-state index in [1.165, 1.54) is 6.33 Å². The summed E-state index contributed by atoms with van der Waals surface area (Å²) >= 11 is 0. The van der Waals surface area contributed by atoms with E-state index in [1.54, 1.807) is 0 Å². The second-order valence-electron chi connectivity index (χ2n) is 3.67. The maximum Gasteiger partial charge on any atom is 0.162 e. The molecule has 1 aromatic carbocycles. The number of hydrogen-bond donors (Lipinski definition) is 2. The number of nitrogens with zero attached hydrogens (tertiary/aromatic N) is 3. The fourth-order valence-corrected chi connectivity index (χ4v) is 1.63. The van der Waals surface area contributed by atoms with Gasteiger partial charge in [-0.3, -0.25) is 5.10 Å². The summed E-state index contributed by atoms with van der Waals surface area (Å²) in [5, 5.41) is 7.54. The Morgan fingerprint density at radius 1 is 1.06 bits per heavy atom. The van der Waals surface area contributed by atoms with Gasteiger partial charge in [-0.05, 0) is 18.1 Å². The van der Waals surface area contributed by atoms with Gasteiger partial charge in [0.2, 0.25) is 0 Å². The monoisotopic (exact) mass is 235 g/mol. The van der Waals surface area contributed by atoms with E-state index < -0.39 is 0 Å². The second kappa shape index (κ2) is 4.18. The van der Waals surface area contributed by atoms with E-state index >= 15 is 0 Å². The summed E-state index contributed by atoms with van der Waals surface area (Å²) < 4.78 is 0. The number of fused-ring (bicyclic) bond motifs is 1. The number of H-pyrrole nitrogens is 1. The highest BCUT2D eigenvalue weighted by atomic mass is 15.2. The summed E-state index contributed by atoms with van der Waals surface area (Å²) in [6.45, 7) is 0. The van der Waals surface area contributed by atoms with Gasteiger partial charge in [-0.1, -0.05) is 24.1 Å². The van der Waals surface area contributed by atoms with Gasteiger partial charge in [-0.25, -0.2) is 9.97 Å². The molecule has 0 aliphatic carbocycles. The van der Waals surface area contributed by atoms with Crippen molar-refractivity contribution < 1.29 is 0 Å². The van der Waals surface area contributed by atoms with Gasteiger partial charge in [0.25, 0.3) is 0 Å². The van der Waals surface area contributed by atoms with Crippen molar-refractivity contribution in [1.82, 2.24) is 20.2 Å². The normalized spacial score (nSPS) is 10.0. The number of nitrogen functional groups attached to an aromatic ring is 1. The van der Waals surface area contributed by atoms with Crippen LogP contribution in [0.3, 0.4) is 0 Å². The lowest BCUT2D eigenvalue weighted by molar-refractivity contribution is 1.08. The molecule has 0 fully saturated rings.